The van der Waals surface area contributed by atoms with Crippen LogP contribution >= 0.6 is 0 Å². The molecular weight excluding hydrogens is 296 g/mol. The number of aryl methyl sites for hydroxylation is 1. The summed E-state index contributed by atoms with van der Waals surface area (Å²) in [7, 11) is 0. The third-order valence-electron chi connectivity index (χ3n) is 3.84. The lowest BCUT2D eigenvalue weighted by Crippen LogP contribution is -2.44. The quantitative estimate of drug-likeness (QED) is 0.876. The van der Waals surface area contributed by atoms with E-state index >= 15 is 0 Å². The number of hydrogen-bond donors (Lipinski definition) is 1. The molecular formula is C16H20N4O3. The summed E-state index contributed by atoms with van der Waals surface area (Å²) in [6.07, 6.45) is 1.84. The average Bonchev–Trinajstić information content (AvgIpc) is 3.02. The Kier molecular flexibility index (Phi) is 4.87. The van der Waals surface area contributed by atoms with Crippen LogP contribution in [0.1, 0.15) is 36.0 Å². The Morgan fingerprint density at radius 2 is 2.26 bits per heavy atom. The minimum absolute atomic E-state index is 0.0878. The Balaban J connectivity index is 1.49. The molecule has 1 atom stereocenters. The highest BCUT2D eigenvalue weighted by Crippen LogP contribution is 2.25. The summed E-state index contributed by atoms with van der Waals surface area (Å²) in [6, 6.07) is 9.46. The SMILES string of the molecule is Cc1noc([C@H]2CCCN(C(=O)NOCc3ccccc3)C2)n1. The molecule has 1 fully saturated rings. The van der Waals surface area contributed by atoms with Gasteiger partial charge in [-0.25, -0.2) is 10.3 Å². The van der Waals surface area contributed by atoms with E-state index in [1.165, 1.54) is 0 Å². The third-order valence-corrected chi connectivity index (χ3v) is 3.84. The summed E-state index contributed by atoms with van der Waals surface area (Å²) in [6.45, 7) is 3.39. The van der Waals surface area contributed by atoms with Crippen LogP contribution in [0.25, 0.3) is 0 Å². The van der Waals surface area contributed by atoms with E-state index < -0.39 is 0 Å². The Hall–Kier alpha value is -2.41. The van der Waals surface area contributed by atoms with Gasteiger partial charge in [0.1, 0.15) is 0 Å². The van der Waals surface area contributed by atoms with Gasteiger partial charge in [-0.3, -0.25) is 4.84 Å². The first-order chi connectivity index (χ1) is 11.2. The minimum Gasteiger partial charge on any atom is -0.339 e. The molecule has 0 bridgehead atoms. The predicted molar refractivity (Wildman–Crippen MR) is 82.3 cm³/mol. The number of urea groups is 1. The summed E-state index contributed by atoms with van der Waals surface area (Å²) < 4.78 is 5.22. The van der Waals surface area contributed by atoms with Gasteiger partial charge in [-0.2, -0.15) is 4.98 Å². The molecule has 2 aromatic rings. The van der Waals surface area contributed by atoms with Crippen molar-refractivity contribution >= 4 is 6.03 Å². The molecule has 7 nitrogen and oxygen atoms in total. The van der Waals surface area contributed by atoms with Gasteiger partial charge in [0.15, 0.2) is 5.82 Å². The van der Waals surface area contributed by atoms with Crippen LogP contribution in [0.15, 0.2) is 34.9 Å². The highest BCUT2D eigenvalue weighted by atomic mass is 16.7. The first-order valence-corrected chi connectivity index (χ1v) is 7.73. The van der Waals surface area contributed by atoms with Crippen molar-refractivity contribution in [1.82, 2.24) is 20.5 Å². The monoisotopic (exact) mass is 316 g/mol. The normalized spacial score (nSPS) is 18.0. The highest BCUT2D eigenvalue weighted by molar-refractivity contribution is 5.73. The lowest BCUT2D eigenvalue weighted by atomic mass is 9.98. The van der Waals surface area contributed by atoms with Gasteiger partial charge >= 0.3 is 6.03 Å². The Labute approximate surface area is 134 Å². The van der Waals surface area contributed by atoms with Gasteiger partial charge in [0.05, 0.1) is 12.5 Å². The van der Waals surface area contributed by atoms with E-state index in [9.17, 15) is 4.79 Å². The summed E-state index contributed by atoms with van der Waals surface area (Å²) in [5.74, 6) is 1.31. The van der Waals surface area contributed by atoms with Crippen molar-refractivity contribution in [2.24, 2.45) is 0 Å². The fourth-order valence-electron chi connectivity index (χ4n) is 2.66. The van der Waals surface area contributed by atoms with Gasteiger partial charge in [-0.15, -0.1) is 0 Å². The van der Waals surface area contributed by atoms with Crippen molar-refractivity contribution in [3.63, 3.8) is 0 Å². The molecule has 0 aliphatic carbocycles. The topological polar surface area (TPSA) is 80.5 Å². The van der Waals surface area contributed by atoms with Crippen molar-refractivity contribution in [2.45, 2.75) is 32.3 Å². The van der Waals surface area contributed by atoms with Crippen LogP contribution in [0, 0.1) is 6.92 Å². The summed E-state index contributed by atoms with van der Waals surface area (Å²) in [5.41, 5.74) is 3.50. The van der Waals surface area contributed by atoms with Gasteiger partial charge in [0.2, 0.25) is 5.89 Å². The minimum atomic E-state index is -0.234. The largest absolute Gasteiger partial charge is 0.341 e. The van der Waals surface area contributed by atoms with Crippen molar-refractivity contribution in [2.75, 3.05) is 13.1 Å². The molecule has 23 heavy (non-hydrogen) atoms. The summed E-state index contributed by atoms with van der Waals surface area (Å²) in [5, 5.41) is 3.82. The number of carbonyl (C=O) groups is 1. The predicted octanol–water partition coefficient (Wildman–Crippen LogP) is 2.40. The Morgan fingerprint density at radius 3 is 3.00 bits per heavy atom. The number of likely N-dealkylation sites (tertiary alicyclic amines) is 1. The molecule has 1 aromatic carbocycles. The zero-order valence-electron chi connectivity index (χ0n) is 13.1. The lowest BCUT2D eigenvalue weighted by molar-refractivity contribution is 0.0331. The van der Waals surface area contributed by atoms with Crippen molar-refractivity contribution in [3.8, 4) is 0 Å². The lowest BCUT2D eigenvalue weighted by Gasteiger charge is -2.30. The van der Waals surface area contributed by atoms with E-state index in [0.717, 1.165) is 18.4 Å². The molecule has 2 amide bonds. The van der Waals surface area contributed by atoms with Gasteiger partial charge < -0.3 is 9.42 Å². The maximum absolute atomic E-state index is 12.2. The summed E-state index contributed by atoms with van der Waals surface area (Å²) in [4.78, 5) is 23.5. The zero-order chi connectivity index (χ0) is 16.1. The van der Waals surface area contributed by atoms with Crippen LogP contribution in [-0.4, -0.2) is 34.2 Å². The maximum Gasteiger partial charge on any atom is 0.341 e. The van der Waals surface area contributed by atoms with Gasteiger partial charge in [0.25, 0.3) is 0 Å². The van der Waals surface area contributed by atoms with Crippen molar-refractivity contribution < 1.29 is 14.2 Å². The van der Waals surface area contributed by atoms with Gasteiger partial charge in [-0.1, -0.05) is 35.5 Å². The molecule has 7 heteroatoms. The maximum atomic E-state index is 12.2. The zero-order valence-corrected chi connectivity index (χ0v) is 13.1. The van der Waals surface area contributed by atoms with Crippen LogP contribution in [0.2, 0.25) is 0 Å². The van der Waals surface area contributed by atoms with E-state index in [1.54, 1.807) is 11.8 Å². The molecule has 1 saturated heterocycles. The number of hydroxylamine groups is 1. The van der Waals surface area contributed by atoms with E-state index in [2.05, 4.69) is 15.6 Å². The second-order valence-electron chi connectivity index (χ2n) is 5.65. The van der Waals surface area contributed by atoms with Crippen LogP contribution in [-0.2, 0) is 11.4 Å². The van der Waals surface area contributed by atoms with Crippen LogP contribution < -0.4 is 5.48 Å². The number of amides is 2. The molecule has 1 aromatic heterocycles. The number of hydrogen-bond acceptors (Lipinski definition) is 5. The number of aromatic nitrogens is 2. The smallest absolute Gasteiger partial charge is 0.339 e. The van der Waals surface area contributed by atoms with E-state index in [0.29, 0.717) is 31.4 Å². The standard InChI is InChI=1S/C16H20N4O3/c1-12-17-15(23-18-12)14-8-5-9-20(10-14)16(21)19-22-11-13-6-3-2-4-7-13/h2-4,6-7,14H,5,8-11H2,1H3,(H,19,21)/t14-/m0/s1. The summed E-state index contributed by atoms with van der Waals surface area (Å²) >= 11 is 0. The first-order valence-electron chi connectivity index (χ1n) is 7.73. The molecule has 0 unspecified atom stereocenters. The number of carbonyl (C=O) groups excluding carboxylic acids is 1. The Bertz CT molecular complexity index is 644. The number of rotatable bonds is 4. The molecule has 0 spiro atoms. The van der Waals surface area contributed by atoms with Crippen LogP contribution in [0.5, 0.6) is 0 Å². The Morgan fingerprint density at radius 1 is 1.43 bits per heavy atom. The number of piperidine rings is 1. The number of benzene rings is 1. The third kappa shape index (κ3) is 4.07. The van der Waals surface area contributed by atoms with Crippen molar-refractivity contribution in [1.29, 1.82) is 0 Å². The second kappa shape index (κ2) is 7.23. The highest BCUT2D eigenvalue weighted by Gasteiger charge is 2.28. The molecule has 1 aliphatic rings. The molecule has 122 valence electrons. The molecule has 0 radical (unpaired) electrons. The molecule has 1 aliphatic heterocycles. The van der Waals surface area contributed by atoms with Gasteiger partial charge in [-0.05, 0) is 25.3 Å². The molecule has 2 heterocycles. The van der Waals surface area contributed by atoms with Crippen LogP contribution in [0.4, 0.5) is 4.79 Å². The van der Waals surface area contributed by atoms with E-state index in [-0.39, 0.29) is 11.9 Å². The molecule has 1 N–H and O–H groups in total. The van der Waals surface area contributed by atoms with Crippen LogP contribution in [0.3, 0.4) is 0 Å². The fourth-order valence-corrected chi connectivity index (χ4v) is 2.66. The van der Waals surface area contributed by atoms with Crippen molar-refractivity contribution in [3.05, 3.63) is 47.6 Å². The second-order valence-corrected chi connectivity index (χ2v) is 5.65. The number of nitrogens with one attached hydrogen (secondary N) is 1. The van der Waals surface area contributed by atoms with E-state index in [4.69, 9.17) is 9.36 Å². The first kappa shape index (κ1) is 15.5. The fraction of sp³-hybridized carbons (Fsp3) is 0.438. The molecule has 0 saturated carbocycles. The number of nitrogens with zero attached hydrogens (tertiary/aromatic N) is 3. The van der Waals surface area contributed by atoms with Gasteiger partial charge in [0, 0.05) is 13.1 Å². The van der Waals surface area contributed by atoms with E-state index in [1.807, 2.05) is 30.3 Å². The average molecular weight is 316 g/mol. The molecule has 3 rings (SSSR count).